The van der Waals surface area contributed by atoms with Crippen molar-refractivity contribution < 1.29 is 9.59 Å². The third-order valence-electron chi connectivity index (χ3n) is 3.89. The van der Waals surface area contributed by atoms with E-state index < -0.39 is 6.04 Å². The summed E-state index contributed by atoms with van der Waals surface area (Å²) in [5.41, 5.74) is 2.72. The Bertz CT molecular complexity index is 698. The van der Waals surface area contributed by atoms with Gasteiger partial charge in [0.25, 0.3) is 0 Å². The molecular formula is C18H19N3O2. The SMILES string of the molecule is Cc1ccc(N2CC[C@@H](NC(=O)Nc3ccccc3)C2=O)cc1. The molecule has 0 bridgehead atoms. The zero-order valence-corrected chi connectivity index (χ0v) is 13.0. The lowest BCUT2D eigenvalue weighted by atomic mass is 10.2. The number of nitrogens with one attached hydrogen (secondary N) is 2. The number of hydrogen-bond acceptors (Lipinski definition) is 2. The third-order valence-corrected chi connectivity index (χ3v) is 3.89. The van der Waals surface area contributed by atoms with Crippen LogP contribution in [0, 0.1) is 6.92 Å². The largest absolute Gasteiger partial charge is 0.326 e. The number of anilines is 2. The minimum atomic E-state index is -0.486. The summed E-state index contributed by atoms with van der Waals surface area (Å²) in [4.78, 5) is 26.2. The lowest BCUT2D eigenvalue weighted by Crippen LogP contribution is -2.43. The minimum Gasteiger partial charge on any atom is -0.326 e. The molecule has 1 saturated heterocycles. The Labute approximate surface area is 135 Å². The average molecular weight is 309 g/mol. The molecule has 1 aliphatic rings. The molecule has 2 aromatic rings. The van der Waals surface area contributed by atoms with Gasteiger partial charge in [-0.3, -0.25) is 4.79 Å². The molecule has 0 radical (unpaired) electrons. The molecule has 3 amide bonds. The van der Waals surface area contributed by atoms with Gasteiger partial charge in [0.2, 0.25) is 5.91 Å². The molecule has 0 aromatic heterocycles. The molecule has 2 N–H and O–H groups in total. The van der Waals surface area contributed by atoms with Crippen LogP contribution >= 0.6 is 0 Å². The molecule has 23 heavy (non-hydrogen) atoms. The van der Waals surface area contributed by atoms with Crippen LogP contribution in [0.5, 0.6) is 0 Å². The van der Waals surface area contributed by atoms with Crippen molar-refractivity contribution in [2.24, 2.45) is 0 Å². The van der Waals surface area contributed by atoms with Gasteiger partial charge >= 0.3 is 6.03 Å². The molecule has 5 heteroatoms. The van der Waals surface area contributed by atoms with Gasteiger partial charge in [-0.25, -0.2) is 4.79 Å². The van der Waals surface area contributed by atoms with E-state index >= 15 is 0 Å². The molecular weight excluding hydrogens is 290 g/mol. The molecule has 1 heterocycles. The van der Waals surface area contributed by atoms with Crippen LogP contribution in [0.4, 0.5) is 16.2 Å². The molecule has 1 atom stereocenters. The van der Waals surface area contributed by atoms with Gasteiger partial charge in [0.05, 0.1) is 0 Å². The molecule has 3 rings (SSSR count). The van der Waals surface area contributed by atoms with Crippen LogP contribution in [0.2, 0.25) is 0 Å². The number of rotatable bonds is 3. The van der Waals surface area contributed by atoms with Crippen molar-refractivity contribution in [1.29, 1.82) is 0 Å². The third kappa shape index (κ3) is 3.51. The maximum absolute atomic E-state index is 12.5. The number of benzene rings is 2. The Kier molecular flexibility index (Phi) is 4.28. The summed E-state index contributed by atoms with van der Waals surface area (Å²) in [5.74, 6) is -0.0722. The maximum Gasteiger partial charge on any atom is 0.319 e. The van der Waals surface area contributed by atoms with E-state index in [1.807, 2.05) is 49.4 Å². The summed E-state index contributed by atoms with van der Waals surface area (Å²) in [6.45, 7) is 2.62. The Morgan fingerprint density at radius 3 is 2.48 bits per heavy atom. The Morgan fingerprint density at radius 1 is 1.09 bits per heavy atom. The zero-order valence-electron chi connectivity index (χ0n) is 13.0. The summed E-state index contributed by atoms with van der Waals surface area (Å²) < 4.78 is 0. The highest BCUT2D eigenvalue weighted by atomic mass is 16.2. The summed E-state index contributed by atoms with van der Waals surface area (Å²) in [6.07, 6.45) is 0.606. The van der Waals surface area contributed by atoms with Crippen LogP contribution in [0.1, 0.15) is 12.0 Å². The number of amides is 3. The van der Waals surface area contributed by atoms with Crippen LogP contribution in [0.15, 0.2) is 54.6 Å². The van der Waals surface area contributed by atoms with Crippen LogP contribution in [0.3, 0.4) is 0 Å². The van der Waals surface area contributed by atoms with Crippen LogP contribution in [-0.4, -0.2) is 24.5 Å². The van der Waals surface area contributed by atoms with E-state index in [-0.39, 0.29) is 11.9 Å². The molecule has 0 aliphatic carbocycles. The summed E-state index contributed by atoms with van der Waals surface area (Å²) >= 11 is 0. The van der Waals surface area contributed by atoms with Crippen molar-refractivity contribution >= 4 is 23.3 Å². The molecule has 1 fully saturated rings. The Hall–Kier alpha value is -2.82. The lowest BCUT2D eigenvalue weighted by molar-refractivity contribution is -0.118. The van der Waals surface area contributed by atoms with E-state index in [2.05, 4.69) is 10.6 Å². The zero-order chi connectivity index (χ0) is 16.2. The maximum atomic E-state index is 12.5. The normalized spacial score (nSPS) is 17.2. The van der Waals surface area contributed by atoms with Crippen LogP contribution in [-0.2, 0) is 4.79 Å². The molecule has 2 aromatic carbocycles. The van der Waals surface area contributed by atoms with Gasteiger partial charge in [-0.2, -0.15) is 0 Å². The molecule has 1 aliphatic heterocycles. The van der Waals surface area contributed by atoms with Gasteiger partial charge in [0.15, 0.2) is 0 Å². The fourth-order valence-corrected chi connectivity index (χ4v) is 2.64. The number of hydrogen-bond donors (Lipinski definition) is 2. The number of para-hydroxylation sites is 1. The van der Waals surface area contributed by atoms with E-state index in [4.69, 9.17) is 0 Å². The average Bonchev–Trinajstić information content (AvgIpc) is 2.90. The van der Waals surface area contributed by atoms with E-state index in [0.717, 1.165) is 11.3 Å². The highest BCUT2D eigenvalue weighted by molar-refractivity contribution is 6.02. The van der Waals surface area contributed by atoms with Crippen molar-refractivity contribution in [3.63, 3.8) is 0 Å². The van der Waals surface area contributed by atoms with Crippen molar-refractivity contribution in [3.05, 3.63) is 60.2 Å². The molecule has 5 nitrogen and oxygen atoms in total. The topological polar surface area (TPSA) is 61.4 Å². The van der Waals surface area contributed by atoms with Gasteiger partial charge in [0.1, 0.15) is 6.04 Å². The van der Waals surface area contributed by atoms with E-state index in [1.54, 1.807) is 17.0 Å². The van der Waals surface area contributed by atoms with Gasteiger partial charge in [-0.15, -0.1) is 0 Å². The predicted molar refractivity (Wildman–Crippen MR) is 90.5 cm³/mol. The fourth-order valence-electron chi connectivity index (χ4n) is 2.64. The predicted octanol–water partition coefficient (Wildman–Crippen LogP) is 2.92. The minimum absolute atomic E-state index is 0.0722. The molecule has 118 valence electrons. The first-order valence-electron chi connectivity index (χ1n) is 7.64. The van der Waals surface area contributed by atoms with Gasteiger partial charge in [-0.05, 0) is 37.6 Å². The van der Waals surface area contributed by atoms with Crippen molar-refractivity contribution in [2.75, 3.05) is 16.8 Å². The first-order chi connectivity index (χ1) is 11.1. The second-order valence-electron chi connectivity index (χ2n) is 5.63. The van der Waals surface area contributed by atoms with Crippen molar-refractivity contribution in [2.45, 2.75) is 19.4 Å². The van der Waals surface area contributed by atoms with Gasteiger partial charge < -0.3 is 15.5 Å². The number of urea groups is 1. The van der Waals surface area contributed by atoms with Crippen LogP contribution in [0.25, 0.3) is 0 Å². The second kappa shape index (κ2) is 6.52. The second-order valence-corrected chi connectivity index (χ2v) is 5.63. The fraction of sp³-hybridized carbons (Fsp3) is 0.222. The highest BCUT2D eigenvalue weighted by Gasteiger charge is 2.33. The molecule has 0 saturated carbocycles. The number of nitrogens with zero attached hydrogens (tertiary/aromatic N) is 1. The van der Waals surface area contributed by atoms with Gasteiger partial charge in [0, 0.05) is 17.9 Å². The number of carbonyl (C=O) groups excluding carboxylic acids is 2. The van der Waals surface area contributed by atoms with Gasteiger partial charge in [-0.1, -0.05) is 35.9 Å². The monoisotopic (exact) mass is 309 g/mol. The van der Waals surface area contributed by atoms with E-state index in [9.17, 15) is 9.59 Å². The number of aryl methyl sites for hydroxylation is 1. The summed E-state index contributed by atoms with van der Waals surface area (Å²) in [6, 6.07) is 16.1. The van der Waals surface area contributed by atoms with E-state index in [0.29, 0.717) is 18.7 Å². The smallest absolute Gasteiger partial charge is 0.319 e. The Morgan fingerprint density at radius 2 is 1.78 bits per heavy atom. The summed E-state index contributed by atoms with van der Waals surface area (Å²) in [7, 11) is 0. The molecule has 0 unspecified atom stereocenters. The quantitative estimate of drug-likeness (QED) is 0.916. The highest BCUT2D eigenvalue weighted by Crippen LogP contribution is 2.22. The Balaban J connectivity index is 1.61. The lowest BCUT2D eigenvalue weighted by Gasteiger charge is -2.17. The number of carbonyl (C=O) groups is 2. The van der Waals surface area contributed by atoms with Crippen molar-refractivity contribution in [1.82, 2.24) is 5.32 Å². The van der Waals surface area contributed by atoms with Crippen LogP contribution < -0.4 is 15.5 Å². The van der Waals surface area contributed by atoms with Crippen molar-refractivity contribution in [3.8, 4) is 0 Å². The summed E-state index contributed by atoms with van der Waals surface area (Å²) in [5, 5.41) is 5.48. The molecule has 0 spiro atoms. The first kappa shape index (κ1) is 15.1. The first-order valence-corrected chi connectivity index (χ1v) is 7.64. The van der Waals surface area contributed by atoms with E-state index in [1.165, 1.54) is 0 Å². The standard InChI is InChI=1S/C18H19N3O2/c1-13-7-9-15(10-8-13)21-12-11-16(17(21)22)20-18(23)19-14-5-3-2-4-6-14/h2-10,16H,11-12H2,1H3,(H2,19,20,23)/t16-/m1/s1.